The van der Waals surface area contributed by atoms with Gasteiger partial charge in [0.05, 0.1) is 11.7 Å². The number of anilines is 1. The van der Waals surface area contributed by atoms with Crippen molar-refractivity contribution in [1.29, 1.82) is 0 Å². The van der Waals surface area contributed by atoms with Crippen molar-refractivity contribution in [2.45, 2.75) is 6.92 Å². The minimum absolute atomic E-state index is 0.756. The Morgan fingerprint density at radius 1 is 1.18 bits per heavy atom. The zero-order valence-corrected chi connectivity index (χ0v) is 9.59. The number of aryl methyl sites for hydroxylation is 1. The van der Waals surface area contributed by atoms with Crippen LogP contribution in [0.25, 0.3) is 16.9 Å². The predicted octanol–water partition coefficient (Wildman–Crippen LogP) is 2.89. The average Bonchev–Trinajstić information content (AvgIpc) is 2.71. The number of nitrogens with zero attached hydrogens (tertiary/aromatic N) is 2. The molecular formula is C14H13N3. The predicted molar refractivity (Wildman–Crippen MR) is 69.8 cm³/mol. The highest BCUT2D eigenvalue weighted by atomic mass is 15.0. The first-order chi connectivity index (χ1) is 8.24. The van der Waals surface area contributed by atoms with Crippen molar-refractivity contribution in [2.75, 3.05) is 5.73 Å². The summed E-state index contributed by atoms with van der Waals surface area (Å²) in [5, 5.41) is 0. The maximum Gasteiger partial charge on any atom is 0.144 e. The van der Waals surface area contributed by atoms with E-state index in [-0.39, 0.29) is 0 Å². The quantitative estimate of drug-likeness (QED) is 0.644. The summed E-state index contributed by atoms with van der Waals surface area (Å²) in [6, 6.07) is 12.0. The summed E-state index contributed by atoms with van der Waals surface area (Å²) in [7, 11) is 0. The van der Waals surface area contributed by atoms with Crippen molar-refractivity contribution in [3.8, 4) is 11.4 Å². The first-order valence-corrected chi connectivity index (χ1v) is 5.54. The monoisotopic (exact) mass is 223 g/mol. The van der Waals surface area contributed by atoms with Crippen LogP contribution < -0.4 is 5.73 Å². The Kier molecular flexibility index (Phi) is 2.11. The molecule has 0 aliphatic carbocycles. The van der Waals surface area contributed by atoms with E-state index in [1.807, 2.05) is 36.7 Å². The number of hydrogen-bond donors (Lipinski definition) is 1. The zero-order valence-electron chi connectivity index (χ0n) is 9.59. The molecule has 0 fully saturated rings. The fourth-order valence-electron chi connectivity index (χ4n) is 2.00. The topological polar surface area (TPSA) is 43.3 Å². The van der Waals surface area contributed by atoms with Gasteiger partial charge < -0.3 is 5.73 Å². The number of imidazole rings is 1. The van der Waals surface area contributed by atoms with Crippen LogP contribution in [0.2, 0.25) is 0 Å². The molecule has 2 aromatic heterocycles. The van der Waals surface area contributed by atoms with E-state index in [0.29, 0.717) is 0 Å². The van der Waals surface area contributed by atoms with Gasteiger partial charge in [0.25, 0.3) is 0 Å². The van der Waals surface area contributed by atoms with Crippen molar-refractivity contribution >= 4 is 11.2 Å². The second-order valence-corrected chi connectivity index (χ2v) is 4.21. The van der Waals surface area contributed by atoms with Gasteiger partial charge in [-0.2, -0.15) is 0 Å². The summed E-state index contributed by atoms with van der Waals surface area (Å²) in [4.78, 5) is 4.46. The van der Waals surface area contributed by atoms with Crippen molar-refractivity contribution in [3.63, 3.8) is 0 Å². The standard InChI is InChI=1S/C14H13N3/c1-10-5-6-17-13(7-10)9-16-14(17)11-3-2-4-12(15)8-11/h2-9H,15H2,1H3. The lowest BCUT2D eigenvalue weighted by Gasteiger charge is -2.03. The number of nitrogen functional groups attached to an aromatic ring is 1. The largest absolute Gasteiger partial charge is 0.399 e. The molecule has 2 heterocycles. The summed E-state index contributed by atoms with van der Waals surface area (Å²) in [5.41, 5.74) is 9.92. The number of hydrogen-bond acceptors (Lipinski definition) is 2. The maximum atomic E-state index is 5.80. The van der Waals surface area contributed by atoms with E-state index in [1.165, 1.54) is 5.56 Å². The summed E-state index contributed by atoms with van der Waals surface area (Å²) in [6.07, 6.45) is 3.92. The van der Waals surface area contributed by atoms with Gasteiger partial charge in [-0.25, -0.2) is 4.98 Å². The van der Waals surface area contributed by atoms with Crippen LogP contribution >= 0.6 is 0 Å². The molecule has 2 N–H and O–H groups in total. The average molecular weight is 223 g/mol. The fraction of sp³-hybridized carbons (Fsp3) is 0.0714. The minimum Gasteiger partial charge on any atom is -0.399 e. The van der Waals surface area contributed by atoms with Gasteiger partial charge in [0.15, 0.2) is 0 Å². The summed E-state index contributed by atoms with van der Waals surface area (Å²) < 4.78 is 2.07. The number of fused-ring (bicyclic) bond motifs is 1. The van der Waals surface area contributed by atoms with Gasteiger partial charge in [-0.05, 0) is 36.8 Å². The van der Waals surface area contributed by atoms with Crippen molar-refractivity contribution in [3.05, 3.63) is 54.4 Å². The molecule has 0 saturated heterocycles. The molecular weight excluding hydrogens is 210 g/mol. The Bertz CT molecular complexity index is 683. The summed E-state index contributed by atoms with van der Waals surface area (Å²) in [6.45, 7) is 2.08. The number of benzene rings is 1. The molecule has 0 aliphatic rings. The lowest BCUT2D eigenvalue weighted by molar-refractivity contribution is 1.15. The molecule has 0 amide bonds. The van der Waals surface area contributed by atoms with Gasteiger partial charge in [0, 0.05) is 17.4 Å². The molecule has 0 bridgehead atoms. The van der Waals surface area contributed by atoms with E-state index in [9.17, 15) is 0 Å². The van der Waals surface area contributed by atoms with Crippen LogP contribution in [0, 0.1) is 6.92 Å². The Morgan fingerprint density at radius 2 is 2.06 bits per heavy atom. The smallest absolute Gasteiger partial charge is 0.144 e. The number of rotatable bonds is 1. The van der Waals surface area contributed by atoms with Crippen LogP contribution in [0.4, 0.5) is 5.69 Å². The fourth-order valence-corrected chi connectivity index (χ4v) is 2.00. The first-order valence-electron chi connectivity index (χ1n) is 5.54. The van der Waals surface area contributed by atoms with Crippen LogP contribution in [0.1, 0.15) is 5.56 Å². The molecule has 1 aromatic carbocycles. The van der Waals surface area contributed by atoms with Gasteiger partial charge in [-0.15, -0.1) is 0 Å². The lowest BCUT2D eigenvalue weighted by Crippen LogP contribution is -1.91. The zero-order chi connectivity index (χ0) is 11.8. The third kappa shape index (κ3) is 1.65. The van der Waals surface area contributed by atoms with Gasteiger partial charge in [0.2, 0.25) is 0 Å². The van der Waals surface area contributed by atoms with Crippen LogP contribution in [0.3, 0.4) is 0 Å². The Labute approximate surface area is 99.5 Å². The first kappa shape index (κ1) is 9.90. The highest BCUT2D eigenvalue weighted by Gasteiger charge is 2.06. The van der Waals surface area contributed by atoms with Gasteiger partial charge >= 0.3 is 0 Å². The highest BCUT2D eigenvalue weighted by molar-refractivity contribution is 5.66. The second-order valence-electron chi connectivity index (χ2n) is 4.21. The van der Waals surface area contributed by atoms with E-state index < -0.39 is 0 Å². The van der Waals surface area contributed by atoms with Gasteiger partial charge in [-0.1, -0.05) is 12.1 Å². The van der Waals surface area contributed by atoms with Gasteiger partial charge in [0.1, 0.15) is 5.82 Å². The third-order valence-electron chi connectivity index (χ3n) is 2.83. The Hall–Kier alpha value is -2.29. The van der Waals surface area contributed by atoms with E-state index in [4.69, 9.17) is 5.73 Å². The van der Waals surface area contributed by atoms with E-state index >= 15 is 0 Å². The molecule has 0 atom stereocenters. The summed E-state index contributed by atoms with van der Waals surface area (Å²) in [5.74, 6) is 0.923. The third-order valence-corrected chi connectivity index (χ3v) is 2.83. The number of aromatic nitrogens is 2. The highest BCUT2D eigenvalue weighted by Crippen LogP contribution is 2.21. The molecule has 3 heteroatoms. The Balaban J connectivity index is 2.24. The lowest BCUT2D eigenvalue weighted by atomic mass is 10.2. The van der Waals surface area contributed by atoms with E-state index in [0.717, 1.165) is 22.6 Å². The Morgan fingerprint density at radius 3 is 2.88 bits per heavy atom. The molecule has 3 aromatic rings. The SMILES string of the molecule is Cc1ccn2c(-c3cccc(N)c3)ncc2c1. The van der Waals surface area contributed by atoms with Crippen LogP contribution in [-0.2, 0) is 0 Å². The minimum atomic E-state index is 0.756. The van der Waals surface area contributed by atoms with Crippen molar-refractivity contribution in [2.24, 2.45) is 0 Å². The van der Waals surface area contributed by atoms with Gasteiger partial charge in [-0.3, -0.25) is 4.40 Å². The number of nitrogens with two attached hydrogens (primary N) is 1. The molecule has 3 nitrogen and oxygen atoms in total. The molecule has 0 saturated carbocycles. The van der Waals surface area contributed by atoms with Crippen LogP contribution in [-0.4, -0.2) is 9.38 Å². The molecule has 84 valence electrons. The van der Waals surface area contributed by atoms with E-state index in [1.54, 1.807) is 0 Å². The van der Waals surface area contributed by atoms with E-state index in [2.05, 4.69) is 28.4 Å². The molecule has 0 spiro atoms. The van der Waals surface area contributed by atoms with Crippen molar-refractivity contribution < 1.29 is 0 Å². The molecule has 0 unspecified atom stereocenters. The molecule has 17 heavy (non-hydrogen) atoms. The second kappa shape index (κ2) is 3.63. The maximum absolute atomic E-state index is 5.80. The van der Waals surface area contributed by atoms with Crippen molar-refractivity contribution in [1.82, 2.24) is 9.38 Å². The normalized spacial score (nSPS) is 10.9. The van der Waals surface area contributed by atoms with Crippen LogP contribution in [0.15, 0.2) is 48.8 Å². The molecule has 0 aliphatic heterocycles. The summed E-state index contributed by atoms with van der Waals surface area (Å²) >= 11 is 0. The molecule has 0 radical (unpaired) electrons. The molecule has 3 rings (SSSR count). The van der Waals surface area contributed by atoms with Crippen LogP contribution in [0.5, 0.6) is 0 Å². The number of pyridine rings is 1.